The molecule has 14 heteroatoms. The van der Waals surface area contributed by atoms with Gasteiger partial charge in [-0.25, -0.2) is 22.8 Å². The van der Waals surface area contributed by atoms with Crippen molar-refractivity contribution in [3.8, 4) is 11.8 Å². The molecule has 2 heterocycles. The normalized spacial score (nSPS) is 12.6. The van der Waals surface area contributed by atoms with Crippen molar-refractivity contribution in [3.05, 3.63) is 99.5 Å². The van der Waals surface area contributed by atoms with Crippen LogP contribution < -0.4 is 5.56 Å². The molecule has 43 heavy (non-hydrogen) atoms. The van der Waals surface area contributed by atoms with Gasteiger partial charge in [0.15, 0.2) is 15.5 Å². The molecule has 0 spiro atoms. The minimum absolute atomic E-state index is 0.00163. The molecule has 4 rings (SSSR count). The van der Waals surface area contributed by atoms with E-state index in [1.54, 1.807) is 6.07 Å². The van der Waals surface area contributed by atoms with Crippen LogP contribution in [0.2, 0.25) is 0 Å². The van der Waals surface area contributed by atoms with Crippen LogP contribution in [0.3, 0.4) is 0 Å². The van der Waals surface area contributed by atoms with Gasteiger partial charge in [0, 0.05) is 18.5 Å². The number of benzene rings is 2. The average Bonchev–Trinajstić information content (AvgIpc) is 2.97. The standard InChI is InChI=1S/C29H25F4N5O4S/c1-3-43(41,42)14-13-37(25(39)16-20-8-11-24(30)23(15-20)29(31,32)33)18(2)27-36-26-22(5-4-12-35-26)28(40)38(27)21-9-6-19(17-34)7-10-21/h4-12,15,18H,3,13-14,16H2,1-2H3/t18-/m1/s1. The van der Waals surface area contributed by atoms with Gasteiger partial charge in [-0.1, -0.05) is 13.0 Å². The molecule has 0 unspecified atom stereocenters. The topological polar surface area (TPSA) is 126 Å². The lowest BCUT2D eigenvalue weighted by molar-refractivity contribution is -0.140. The van der Waals surface area contributed by atoms with Gasteiger partial charge in [0.05, 0.1) is 46.5 Å². The van der Waals surface area contributed by atoms with Crippen molar-refractivity contribution >= 4 is 26.8 Å². The van der Waals surface area contributed by atoms with Gasteiger partial charge in [-0.2, -0.15) is 18.4 Å². The van der Waals surface area contributed by atoms with E-state index < -0.39 is 57.1 Å². The fourth-order valence-corrected chi connectivity index (χ4v) is 5.25. The first-order valence-corrected chi connectivity index (χ1v) is 14.8. The van der Waals surface area contributed by atoms with Crippen molar-refractivity contribution in [1.82, 2.24) is 19.4 Å². The number of pyridine rings is 1. The van der Waals surface area contributed by atoms with E-state index in [1.807, 2.05) is 6.07 Å². The Bertz CT molecular complexity index is 1880. The first kappa shape index (κ1) is 31.3. The Morgan fingerprint density at radius 3 is 2.47 bits per heavy atom. The minimum atomic E-state index is -5.00. The van der Waals surface area contributed by atoms with Crippen molar-refractivity contribution in [1.29, 1.82) is 5.26 Å². The van der Waals surface area contributed by atoms with Crippen LogP contribution in [0, 0.1) is 17.1 Å². The lowest BCUT2D eigenvalue weighted by atomic mass is 10.1. The van der Waals surface area contributed by atoms with E-state index in [0.29, 0.717) is 23.4 Å². The third-order valence-corrected chi connectivity index (χ3v) is 8.54. The highest BCUT2D eigenvalue weighted by molar-refractivity contribution is 7.91. The molecule has 0 saturated heterocycles. The summed E-state index contributed by atoms with van der Waals surface area (Å²) in [5.41, 5.74) is -1.56. The number of aromatic nitrogens is 3. The largest absolute Gasteiger partial charge is 0.419 e. The first-order chi connectivity index (χ1) is 20.3. The number of amides is 1. The van der Waals surface area contributed by atoms with Crippen LogP contribution in [0.5, 0.6) is 0 Å². The predicted octanol–water partition coefficient (Wildman–Crippen LogP) is 4.38. The zero-order valence-electron chi connectivity index (χ0n) is 23.0. The number of hydrogen-bond donors (Lipinski definition) is 0. The lowest BCUT2D eigenvalue weighted by Crippen LogP contribution is -2.41. The Morgan fingerprint density at radius 1 is 1.14 bits per heavy atom. The maximum Gasteiger partial charge on any atom is 0.419 e. The molecule has 224 valence electrons. The highest BCUT2D eigenvalue weighted by Crippen LogP contribution is 2.32. The van der Waals surface area contributed by atoms with Gasteiger partial charge in [0.2, 0.25) is 5.91 Å². The average molecular weight is 616 g/mol. The highest BCUT2D eigenvalue weighted by Gasteiger charge is 2.35. The van der Waals surface area contributed by atoms with Gasteiger partial charge in [-0.15, -0.1) is 0 Å². The number of alkyl halides is 3. The minimum Gasteiger partial charge on any atom is -0.331 e. The Labute approximate surface area is 244 Å². The van der Waals surface area contributed by atoms with Crippen molar-refractivity contribution in [2.45, 2.75) is 32.5 Å². The summed E-state index contributed by atoms with van der Waals surface area (Å²) < 4.78 is 79.8. The molecule has 0 fully saturated rings. The smallest absolute Gasteiger partial charge is 0.331 e. The summed E-state index contributed by atoms with van der Waals surface area (Å²) in [5, 5.41) is 9.35. The summed E-state index contributed by atoms with van der Waals surface area (Å²) in [6.45, 7) is 2.56. The summed E-state index contributed by atoms with van der Waals surface area (Å²) in [6.07, 6.45) is -4.20. The third kappa shape index (κ3) is 6.89. The fraction of sp³-hybridized carbons (Fsp3) is 0.276. The van der Waals surface area contributed by atoms with E-state index in [1.165, 1.54) is 54.9 Å². The van der Waals surface area contributed by atoms with Crippen LogP contribution in [0.15, 0.2) is 65.6 Å². The number of hydrogen-bond acceptors (Lipinski definition) is 7. The quantitative estimate of drug-likeness (QED) is 0.256. The molecule has 9 nitrogen and oxygen atoms in total. The second-order valence-corrected chi connectivity index (χ2v) is 12.1. The molecule has 0 aliphatic carbocycles. The lowest BCUT2D eigenvalue weighted by Gasteiger charge is -2.30. The number of nitrogens with zero attached hydrogens (tertiary/aromatic N) is 5. The van der Waals surface area contributed by atoms with E-state index in [0.717, 1.165) is 11.0 Å². The van der Waals surface area contributed by atoms with Crippen LogP contribution >= 0.6 is 0 Å². The van der Waals surface area contributed by atoms with E-state index in [4.69, 9.17) is 0 Å². The van der Waals surface area contributed by atoms with Crippen molar-refractivity contribution in [2.75, 3.05) is 18.1 Å². The molecule has 0 radical (unpaired) electrons. The monoisotopic (exact) mass is 615 g/mol. The zero-order valence-corrected chi connectivity index (χ0v) is 23.8. The molecule has 0 aliphatic rings. The summed E-state index contributed by atoms with van der Waals surface area (Å²) >= 11 is 0. The second kappa shape index (κ2) is 12.3. The molecule has 0 bridgehead atoms. The SMILES string of the molecule is CCS(=O)(=O)CCN(C(=O)Cc1ccc(F)c(C(F)(F)F)c1)[C@H](C)c1nc2ncccc2c(=O)n1-c1ccc(C#N)cc1. The van der Waals surface area contributed by atoms with E-state index in [9.17, 15) is 40.8 Å². The number of nitriles is 1. The van der Waals surface area contributed by atoms with Crippen LogP contribution in [0.1, 0.15) is 42.4 Å². The van der Waals surface area contributed by atoms with Crippen molar-refractivity contribution in [2.24, 2.45) is 0 Å². The molecule has 0 aliphatic heterocycles. The number of carbonyl (C=O) groups excluding carboxylic acids is 1. The highest BCUT2D eigenvalue weighted by atomic mass is 32.2. The summed E-state index contributed by atoms with van der Waals surface area (Å²) in [6, 6.07) is 12.1. The molecule has 0 N–H and O–H groups in total. The fourth-order valence-electron chi connectivity index (χ4n) is 4.48. The predicted molar refractivity (Wildman–Crippen MR) is 149 cm³/mol. The zero-order chi connectivity index (χ0) is 31.5. The van der Waals surface area contributed by atoms with Gasteiger partial charge < -0.3 is 4.90 Å². The number of carbonyl (C=O) groups is 1. The van der Waals surface area contributed by atoms with Crippen LogP contribution in [0.4, 0.5) is 17.6 Å². The Balaban J connectivity index is 1.84. The van der Waals surface area contributed by atoms with Gasteiger partial charge in [-0.05, 0) is 61.0 Å². The molecule has 1 atom stereocenters. The van der Waals surface area contributed by atoms with Crippen LogP contribution in [-0.2, 0) is 27.2 Å². The van der Waals surface area contributed by atoms with Gasteiger partial charge in [0.25, 0.3) is 5.56 Å². The van der Waals surface area contributed by atoms with E-state index in [2.05, 4.69) is 9.97 Å². The molecule has 1 amide bonds. The van der Waals surface area contributed by atoms with Crippen molar-refractivity contribution in [3.63, 3.8) is 0 Å². The van der Waals surface area contributed by atoms with Crippen LogP contribution in [-0.4, -0.2) is 51.8 Å². The Morgan fingerprint density at radius 2 is 1.84 bits per heavy atom. The second-order valence-electron chi connectivity index (χ2n) is 9.63. The van der Waals surface area contributed by atoms with Gasteiger partial charge in [-0.3, -0.25) is 14.2 Å². The number of fused-ring (bicyclic) bond motifs is 1. The van der Waals surface area contributed by atoms with Gasteiger partial charge >= 0.3 is 6.18 Å². The summed E-state index contributed by atoms with van der Waals surface area (Å²) in [5.74, 6) is -2.96. The summed E-state index contributed by atoms with van der Waals surface area (Å²) in [4.78, 5) is 37.1. The maximum absolute atomic E-state index is 13.9. The number of sulfone groups is 1. The number of rotatable bonds is 9. The molecule has 2 aromatic heterocycles. The van der Waals surface area contributed by atoms with Gasteiger partial charge in [0.1, 0.15) is 11.6 Å². The third-order valence-electron chi connectivity index (χ3n) is 6.86. The molecule has 2 aromatic carbocycles. The van der Waals surface area contributed by atoms with Crippen LogP contribution in [0.25, 0.3) is 16.7 Å². The molecule has 0 saturated carbocycles. The number of halogens is 4. The van der Waals surface area contributed by atoms with Crippen molar-refractivity contribution < 1.29 is 30.8 Å². The Hall–Kier alpha value is -4.64. The Kier molecular flexibility index (Phi) is 8.96. The first-order valence-electron chi connectivity index (χ1n) is 13.0. The summed E-state index contributed by atoms with van der Waals surface area (Å²) in [7, 11) is -3.61. The molecular weight excluding hydrogens is 590 g/mol. The van der Waals surface area contributed by atoms with E-state index >= 15 is 0 Å². The molecular formula is C29H25F4N5O4S. The molecule has 4 aromatic rings. The van der Waals surface area contributed by atoms with E-state index in [-0.39, 0.29) is 34.7 Å². The maximum atomic E-state index is 13.9.